The summed E-state index contributed by atoms with van der Waals surface area (Å²) in [5, 5.41) is -0.272. The summed E-state index contributed by atoms with van der Waals surface area (Å²) in [6, 6.07) is 9.59. The van der Waals surface area contributed by atoms with Crippen molar-refractivity contribution in [2.45, 2.75) is 24.2 Å². The van der Waals surface area contributed by atoms with Crippen LogP contribution in [0.3, 0.4) is 0 Å². The molecule has 0 radical (unpaired) electrons. The number of halogens is 4. The summed E-state index contributed by atoms with van der Waals surface area (Å²) in [7, 11) is -4.22. The van der Waals surface area contributed by atoms with Gasteiger partial charge < -0.3 is 4.74 Å². The molecule has 158 valence electrons. The van der Waals surface area contributed by atoms with Crippen molar-refractivity contribution >= 4 is 21.6 Å². The van der Waals surface area contributed by atoms with E-state index in [1.807, 2.05) is 18.2 Å². The van der Waals surface area contributed by atoms with Gasteiger partial charge in [-0.1, -0.05) is 35.9 Å². The van der Waals surface area contributed by atoms with E-state index in [-0.39, 0.29) is 11.6 Å². The van der Waals surface area contributed by atoms with Crippen molar-refractivity contribution in [3.8, 4) is 0 Å². The van der Waals surface area contributed by atoms with Crippen LogP contribution in [0, 0.1) is 0 Å². The van der Waals surface area contributed by atoms with Crippen molar-refractivity contribution in [1.82, 2.24) is 9.62 Å². The Morgan fingerprint density at radius 2 is 1.76 bits per heavy atom. The van der Waals surface area contributed by atoms with E-state index in [0.29, 0.717) is 31.4 Å². The predicted molar refractivity (Wildman–Crippen MR) is 103 cm³/mol. The van der Waals surface area contributed by atoms with Gasteiger partial charge in [0, 0.05) is 26.2 Å². The van der Waals surface area contributed by atoms with Gasteiger partial charge in [-0.15, -0.1) is 0 Å². The second-order valence-electron chi connectivity index (χ2n) is 6.68. The summed E-state index contributed by atoms with van der Waals surface area (Å²) in [6.07, 6.45) is -4.66. The molecule has 10 heteroatoms. The largest absolute Gasteiger partial charge is 0.416 e. The van der Waals surface area contributed by atoms with E-state index in [2.05, 4.69) is 9.62 Å². The van der Waals surface area contributed by atoms with Crippen molar-refractivity contribution in [2.24, 2.45) is 0 Å². The number of ether oxygens (including phenoxy) is 1. The molecule has 3 rings (SSSR count). The number of hydrogen-bond acceptors (Lipinski definition) is 4. The van der Waals surface area contributed by atoms with Gasteiger partial charge in [-0.25, -0.2) is 13.1 Å². The van der Waals surface area contributed by atoms with Gasteiger partial charge in [-0.3, -0.25) is 4.90 Å². The van der Waals surface area contributed by atoms with Gasteiger partial charge in [-0.2, -0.15) is 13.2 Å². The van der Waals surface area contributed by atoms with Crippen molar-refractivity contribution in [1.29, 1.82) is 0 Å². The summed E-state index contributed by atoms with van der Waals surface area (Å²) < 4.78 is 71.4. The number of hydrogen-bond donors (Lipinski definition) is 1. The van der Waals surface area contributed by atoms with E-state index in [9.17, 15) is 21.6 Å². The smallest absolute Gasteiger partial charge is 0.379 e. The molecular formula is C19H20ClF3N2O3S. The topological polar surface area (TPSA) is 58.6 Å². The third-order valence-electron chi connectivity index (χ3n) is 4.52. The molecule has 2 aromatic carbocycles. The van der Waals surface area contributed by atoms with E-state index in [4.69, 9.17) is 16.3 Å². The second kappa shape index (κ2) is 9.01. The fraction of sp³-hybridized carbons (Fsp3) is 0.368. The Hall–Kier alpha value is -1.65. The van der Waals surface area contributed by atoms with Crippen molar-refractivity contribution < 1.29 is 26.3 Å². The predicted octanol–water partition coefficient (Wildman–Crippen LogP) is 3.67. The van der Waals surface area contributed by atoms with Gasteiger partial charge in [-0.05, 0) is 29.3 Å². The number of nitrogens with zero attached hydrogens (tertiary/aromatic N) is 1. The summed E-state index contributed by atoms with van der Waals surface area (Å²) in [4.78, 5) is 1.63. The van der Waals surface area contributed by atoms with Gasteiger partial charge in [0.2, 0.25) is 10.0 Å². The first-order valence-corrected chi connectivity index (χ1v) is 10.8. The molecule has 0 aromatic heterocycles. The zero-order chi connectivity index (χ0) is 21.1. The molecule has 0 aliphatic carbocycles. The highest BCUT2D eigenvalue weighted by Gasteiger charge is 2.32. The summed E-state index contributed by atoms with van der Waals surface area (Å²) >= 11 is 5.84. The van der Waals surface area contributed by atoms with Crippen LogP contribution in [-0.2, 0) is 34.0 Å². The van der Waals surface area contributed by atoms with E-state index in [1.54, 1.807) is 6.07 Å². The maximum absolute atomic E-state index is 12.9. The number of alkyl halides is 3. The SMILES string of the molecule is O=S(=O)(NCc1cccc(CN2CCOCC2)c1)c1cc(C(F)(F)F)ccc1Cl. The zero-order valence-electron chi connectivity index (χ0n) is 15.4. The number of morpholine rings is 1. The van der Waals surface area contributed by atoms with Crippen LogP contribution in [0.25, 0.3) is 0 Å². The standard InChI is InChI=1S/C19H20ClF3N2O3S/c20-17-5-4-16(19(21,22)23)11-18(17)29(26,27)24-12-14-2-1-3-15(10-14)13-25-6-8-28-9-7-25/h1-5,10-11,24H,6-9,12-13H2. The molecular weight excluding hydrogens is 429 g/mol. The first-order chi connectivity index (χ1) is 13.6. The lowest BCUT2D eigenvalue weighted by atomic mass is 10.1. The normalized spacial score (nSPS) is 16.1. The van der Waals surface area contributed by atoms with Gasteiger partial charge in [0.1, 0.15) is 4.90 Å². The molecule has 1 aliphatic rings. The minimum Gasteiger partial charge on any atom is -0.379 e. The molecule has 0 bridgehead atoms. The Kier molecular flexibility index (Phi) is 6.85. The fourth-order valence-corrected chi connectivity index (χ4v) is 4.54. The molecule has 29 heavy (non-hydrogen) atoms. The molecule has 1 fully saturated rings. The van der Waals surface area contributed by atoms with Gasteiger partial charge in [0.05, 0.1) is 23.8 Å². The van der Waals surface area contributed by atoms with Gasteiger partial charge >= 0.3 is 6.18 Å². The molecule has 0 amide bonds. The molecule has 1 N–H and O–H groups in total. The fourth-order valence-electron chi connectivity index (χ4n) is 3.00. The van der Waals surface area contributed by atoms with Crippen LogP contribution >= 0.6 is 11.6 Å². The molecule has 1 heterocycles. The summed E-state index contributed by atoms with van der Waals surface area (Å²) in [5.41, 5.74) is 0.637. The maximum Gasteiger partial charge on any atom is 0.416 e. The van der Waals surface area contributed by atoms with Crippen LogP contribution in [-0.4, -0.2) is 39.6 Å². The third-order valence-corrected chi connectivity index (χ3v) is 6.40. The summed E-state index contributed by atoms with van der Waals surface area (Å²) in [6.45, 7) is 3.65. The highest BCUT2D eigenvalue weighted by atomic mass is 35.5. The lowest BCUT2D eigenvalue weighted by Crippen LogP contribution is -2.35. The Morgan fingerprint density at radius 3 is 2.45 bits per heavy atom. The molecule has 0 saturated carbocycles. The Balaban J connectivity index is 1.71. The number of benzene rings is 2. The van der Waals surface area contributed by atoms with Gasteiger partial charge in [0.15, 0.2) is 0 Å². The van der Waals surface area contributed by atoms with Crippen molar-refractivity contribution in [3.05, 3.63) is 64.2 Å². The second-order valence-corrected chi connectivity index (χ2v) is 8.82. The number of rotatable bonds is 6. The van der Waals surface area contributed by atoms with Gasteiger partial charge in [0.25, 0.3) is 0 Å². The lowest BCUT2D eigenvalue weighted by molar-refractivity contribution is -0.137. The Bertz CT molecular complexity index is 961. The first kappa shape index (κ1) is 22.0. The molecule has 5 nitrogen and oxygen atoms in total. The maximum atomic E-state index is 12.9. The molecule has 1 saturated heterocycles. The third kappa shape index (κ3) is 5.93. The zero-order valence-corrected chi connectivity index (χ0v) is 16.9. The highest BCUT2D eigenvalue weighted by molar-refractivity contribution is 7.89. The summed E-state index contributed by atoms with van der Waals surface area (Å²) in [5.74, 6) is 0. The van der Waals surface area contributed by atoms with Crippen LogP contribution in [0.15, 0.2) is 47.4 Å². The molecule has 2 aromatic rings. The Labute approximate surface area is 172 Å². The lowest BCUT2D eigenvalue weighted by Gasteiger charge is -2.26. The van der Waals surface area contributed by atoms with Crippen molar-refractivity contribution in [3.63, 3.8) is 0 Å². The minimum absolute atomic E-state index is 0.0636. The van der Waals surface area contributed by atoms with E-state index in [0.717, 1.165) is 30.8 Å². The number of nitrogens with one attached hydrogen (secondary N) is 1. The highest BCUT2D eigenvalue weighted by Crippen LogP contribution is 2.33. The van der Waals surface area contributed by atoms with E-state index < -0.39 is 26.7 Å². The van der Waals surface area contributed by atoms with Crippen LogP contribution in [0.5, 0.6) is 0 Å². The van der Waals surface area contributed by atoms with Crippen molar-refractivity contribution in [2.75, 3.05) is 26.3 Å². The van der Waals surface area contributed by atoms with E-state index in [1.165, 1.54) is 0 Å². The molecule has 0 spiro atoms. The van der Waals surface area contributed by atoms with Crippen LogP contribution in [0.2, 0.25) is 5.02 Å². The quantitative estimate of drug-likeness (QED) is 0.732. The first-order valence-electron chi connectivity index (χ1n) is 8.89. The monoisotopic (exact) mass is 448 g/mol. The number of sulfonamides is 1. The molecule has 0 atom stereocenters. The Morgan fingerprint density at radius 1 is 1.07 bits per heavy atom. The van der Waals surface area contributed by atoms with Crippen LogP contribution in [0.1, 0.15) is 16.7 Å². The van der Waals surface area contributed by atoms with Crippen LogP contribution < -0.4 is 4.72 Å². The average molecular weight is 449 g/mol. The molecule has 0 unspecified atom stereocenters. The average Bonchev–Trinajstić information content (AvgIpc) is 2.67. The van der Waals surface area contributed by atoms with Crippen LogP contribution in [0.4, 0.5) is 13.2 Å². The van der Waals surface area contributed by atoms with E-state index >= 15 is 0 Å². The minimum atomic E-state index is -4.66. The molecule has 1 aliphatic heterocycles.